The van der Waals surface area contributed by atoms with E-state index in [4.69, 9.17) is 4.74 Å². The van der Waals surface area contributed by atoms with Crippen LogP contribution in [0.2, 0.25) is 0 Å². The Bertz CT molecular complexity index is 382. The molecule has 0 radical (unpaired) electrons. The van der Waals surface area contributed by atoms with E-state index in [1.54, 1.807) is 7.11 Å². The molecule has 3 heteroatoms. The Morgan fingerprint density at radius 1 is 1.10 bits per heavy atom. The lowest BCUT2D eigenvalue weighted by Crippen LogP contribution is -2.49. The molecule has 2 rings (SSSR count). The molecule has 0 saturated carbocycles. The molecule has 1 aliphatic rings. The minimum atomic E-state index is 0.677. The van der Waals surface area contributed by atoms with E-state index in [1.807, 2.05) is 0 Å². The summed E-state index contributed by atoms with van der Waals surface area (Å²) in [6, 6.07) is 9.15. The van der Waals surface area contributed by atoms with Crippen LogP contribution in [-0.2, 0) is 6.42 Å². The molecule has 1 unspecified atom stereocenters. The van der Waals surface area contributed by atoms with Gasteiger partial charge in [0.05, 0.1) is 7.11 Å². The summed E-state index contributed by atoms with van der Waals surface area (Å²) >= 11 is 0. The first-order valence-corrected chi connectivity index (χ1v) is 7.82. The molecule has 1 aromatic rings. The first kappa shape index (κ1) is 15.3. The largest absolute Gasteiger partial charge is 0.497 e. The van der Waals surface area contributed by atoms with E-state index in [0.717, 1.165) is 12.2 Å². The molecule has 1 aromatic carbocycles. The molecule has 1 saturated heterocycles. The smallest absolute Gasteiger partial charge is 0.118 e. The fraction of sp³-hybridized carbons (Fsp3) is 0.647. The Balaban J connectivity index is 1.75. The van der Waals surface area contributed by atoms with E-state index in [0.29, 0.717) is 6.04 Å². The van der Waals surface area contributed by atoms with Crippen molar-refractivity contribution in [3.8, 4) is 5.75 Å². The van der Waals surface area contributed by atoms with Crippen LogP contribution in [0.25, 0.3) is 0 Å². The molecule has 1 aliphatic heterocycles. The van der Waals surface area contributed by atoms with Crippen molar-refractivity contribution in [1.82, 2.24) is 9.80 Å². The van der Waals surface area contributed by atoms with Crippen LogP contribution in [-0.4, -0.2) is 55.7 Å². The maximum absolute atomic E-state index is 5.20. The number of nitrogens with zero attached hydrogens (tertiary/aromatic N) is 2. The van der Waals surface area contributed by atoms with Crippen LogP contribution in [0.15, 0.2) is 24.3 Å². The molecular weight excluding hydrogens is 248 g/mol. The normalized spacial score (nSPS) is 18.9. The number of hydrogen-bond donors (Lipinski definition) is 0. The Hall–Kier alpha value is -1.06. The SMILES string of the molecule is CCN1CCN(C(C)CCc2ccc(OC)cc2)CC1. The van der Waals surface area contributed by atoms with E-state index >= 15 is 0 Å². The van der Waals surface area contributed by atoms with Crippen LogP contribution < -0.4 is 4.74 Å². The predicted octanol–water partition coefficient (Wildman–Crippen LogP) is 2.65. The van der Waals surface area contributed by atoms with E-state index in [-0.39, 0.29) is 0 Å². The molecule has 1 atom stereocenters. The maximum atomic E-state index is 5.20. The number of aryl methyl sites for hydroxylation is 1. The van der Waals surface area contributed by atoms with Gasteiger partial charge in [0.2, 0.25) is 0 Å². The lowest BCUT2D eigenvalue weighted by Gasteiger charge is -2.37. The van der Waals surface area contributed by atoms with Crippen molar-refractivity contribution < 1.29 is 4.74 Å². The zero-order chi connectivity index (χ0) is 14.4. The Kier molecular flexibility index (Phi) is 5.86. The van der Waals surface area contributed by atoms with Gasteiger partial charge in [-0.3, -0.25) is 4.90 Å². The lowest BCUT2D eigenvalue weighted by atomic mass is 10.0. The zero-order valence-electron chi connectivity index (χ0n) is 13.1. The first-order valence-electron chi connectivity index (χ1n) is 7.82. The van der Waals surface area contributed by atoms with Gasteiger partial charge in [-0.15, -0.1) is 0 Å². The molecule has 0 amide bonds. The third kappa shape index (κ3) is 4.22. The number of hydrogen-bond acceptors (Lipinski definition) is 3. The number of methoxy groups -OCH3 is 1. The van der Waals surface area contributed by atoms with Crippen molar-refractivity contribution in [3.05, 3.63) is 29.8 Å². The second kappa shape index (κ2) is 7.65. The second-order valence-corrected chi connectivity index (χ2v) is 5.71. The van der Waals surface area contributed by atoms with Crippen molar-refractivity contribution >= 4 is 0 Å². The van der Waals surface area contributed by atoms with Crippen molar-refractivity contribution in [2.75, 3.05) is 39.8 Å². The van der Waals surface area contributed by atoms with Crippen LogP contribution in [0, 0.1) is 0 Å². The fourth-order valence-corrected chi connectivity index (χ4v) is 2.87. The van der Waals surface area contributed by atoms with Gasteiger partial charge in [0.25, 0.3) is 0 Å². The van der Waals surface area contributed by atoms with Gasteiger partial charge >= 0.3 is 0 Å². The fourth-order valence-electron chi connectivity index (χ4n) is 2.87. The van der Waals surface area contributed by atoms with Gasteiger partial charge in [0.1, 0.15) is 5.75 Å². The van der Waals surface area contributed by atoms with Gasteiger partial charge in [-0.1, -0.05) is 19.1 Å². The summed E-state index contributed by atoms with van der Waals surface area (Å²) in [4.78, 5) is 5.17. The topological polar surface area (TPSA) is 15.7 Å². The van der Waals surface area contributed by atoms with Crippen LogP contribution in [0.1, 0.15) is 25.8 Å². The molecule has 1 fully saturated rings. The number of benzene rings is 1. The van der Waals surface area contributed by atoms with Crippen molar-refractivity contribution in [2.45, 2.75) is 32.7 Å². The van der Waals surface area contributed by atoms with E-state index < -0.39 is 0 Å². The summed E-state index contributed by atoms with van der Waals surface area (Å²) in [6.45, 7) is 10.7. The van der Waals surface area contributed by atoms with Crippen LogP contribution in [0.5, 0.6) is 5.75 Å². The molecule has 112 valence electrons. The Morgan fingerprint density at radius 2 is 1.75 bits per heavy atom. The van der Waals surface area contributed by atoms with Gasteiger partial charge in [-0.05, 0) is 44.0 Å². The first-order chi connectivity index (χ1) is 9.72. The third-order valence-electron chi connectivity index (χ3n) is 4.49. The standard InChI is InChI=1S/C17H28N2O/c1-4-18-11-13-19(14-12-18)15(2)5-6-16-7-9-17(20-3)10-8-16/h7-10,15H,4-6,11-14H2,1-3H3. The van der Waals surface area contributed by atoms with Gasteiger partial charge in [0.15, 0.2) is 0 Å². The van der Waals surface area contributed by atoms with Crippen LogP contribution >= 0.6 is 0 Å². The van der Waals surface area contributed by atoms with Crippen LogP contribution in [0.3, 0.4) is 0 Å². The van der Waals surface area contributed by atoms with E-state index in [9.17, 15) is 0 Å². The van der Waals surface area contributed by atoms with E-state index in [2.05, 4.69) is 47.9 Å². The molecule has 3 nitrogen and oxygen atoms in total. The summed E-state index contributed by atoms with van der Waals surface area (Å²) in [7, 11) is 1.72. The zero-order valence-corrected chi connectivity index (χ0v) is 13.1. The highest BCUT2D eigenvalue weighted by atomic mass is 16.5. The summed E-state index contributed by atoms with van der Waals surface area (Å²) in [6.07, 6.45) is 2.39. The molecule has 0 aromatic heterocycles. The minimum absolute atomic E-state index is 0.677. The minimum Gasteiger partial charge on any atom is -0.497 e. The Morgan fingerprint density at radius 3 is 2.30 bits per heavy atom. The molecular formula is C17H28N2O. The second-order valence-electron chi connectivity index (χ2n) is 5.71. The van der Waals surface area contributed by atoms with Crippen molar-refractivity contribution in [2.24, 2.45) is 0 Å². The van der Waals surface area contributed by atoms with Gasteiger partial charge < -0.3 is 9.64 Å². The Labute approximate surface area is 123 Å². The number of rotatable bonds is 6. The van der Waals surface area contributed by atoms with Gasteiger partial charge in [-0.2, -0.15) is 0 Å². The highest BCUT2D eigenvalue weighted by Gasteiger charge is 2.19. The number of likely N-dealkylation sites (N-methyl/N-ethyl adjacent to an activating group) is 1. The summed E-state index contributed by atoms with van der Waals surface area (Å²) in [5.41, 5.74) is 1.41. The average Bonchev–Trinajstić information content (AvgIpc) is 2.53. The maximum Gasteiger partial charge on any atom is 0.118 e. The quantitative estimate of drug-likeness (QED) is 0.794. The van der Waals surface area contributed by atoms with Crippen molar-refractivity contribution in [1.29, 1.82) is 0 Å². The lowest BCUT2D eigenvalue weighted by molar-refractivity contribution is 0.102. The molecule has 0 spiro atoms. The third-order valence-corrected chi connectivity index (χ3v) is 4.49. The molecule has 1 heterocycles. The molecule has 20 heavy (non-hydrogen) atoms. The number of piperazine rings is 1. The van der Waals surface area contributed by atoms with Crippen molar-refractivity contribution in [3.63, 3.8) is 0 Å². The molecule has 0 aliphatic carbocycles. The van der Waals surface area contributed by atoms with Crippen LogP contribution in [0.4, 0.5) is 0 Å². The molecule has 0 N–H and O–H groups in total. The van der Waals surface area contributed by atoms with E-state index in [1.165, 1.54) is 44.7 Å². The monoisotopic (exact) mass is 276 g/mol. The predicted molar refractivity (Wildman–Crippen MR) is 84.5 cm³/mol. The summed E-state index contributed by atoms with van der Waals surface area (Å²) < 4.78 is 5.20. The summed E-state index contributed by atoms with van der Waals surface area (Å²) in [5.74, 6) is 0.942. The summed E-state index contributed by atoms with van der Waals surface area (Å²) in [5, 5.41) is 0. The van der Waals surface area contributed by atoms with Gasteiger partial charge in [-0.25, -0.2) is 0 Å². The highest BCUT2D eigenvalue weighted by molar-refractivity contribution is 5.27. The van der Waals surface area contributed by atoms with Gasteiger partial charge in [0, 0.05) is 32.2 Å². The molecule has 0 bridgehead atoms. The highest BCUT2D eigenvalue weighted by Crippen LogP contribution is 2.15. The average molecular weight is 276 g/mol. The number of ether oxygens (including phenoxy) is 1.